The van der Waals surface area contributed by atoms with Gasteiger partial charge in [0, 0.05) is 18.6 Å². The first-order valence-corrected chi connectivity index (χ1v) is 9.88. The number of rotatable bonds is 3. The standard InChI is InChI=1S/C19H35N3/c1-3-16-18(13-19(16)8-9-20-14-19)22-11-6-15(7-12-22)17-5-4-10-21(17)2/h15-18,20H,3-14H2,1-2H3. The van der Waals surface area contributed by atoms with E-state index in [4.69, 9.17) is 0 Å². The molecule has 3 aliphatic heterocycles. The molecule has 4 rings (SSSR count). The van der Waals surface area contributed by atoms with E-state index in [1.54, 1.807) is 0 Å². The van der Waals surface area contributed by atoms with Crippen LogP contribution in [0.5, 0.6) is 0 Å². The number of likely N-dealkylation sites (tertiary alicyclic amines) is 2. The van der Waals surface area contributed by atoms with E-state index in [9.17, 15) is 0 Å². The molecule has 0 amide bonds. The van der Waals surface area contributed by atoms with Crippen molar-refractivity contribution in [3.8, 4) is 0 Å². The van der Waals surface area contributed by atoms with Gasteiger partial charge in [0.2, 0.25) is 0 Å². The molecule has 3 heteroatoms. The van der Waals surface area contributed by atoms with Crippen molar-refractivity contribution in [2.45, 2.75) is 64.0 Å². The molecule has 0 aromatic carbocycles. The highest BCUT2D eigenvalue weighted by Crippen LogP contribution is 2.54. The topological polar surface area (TPSA) is 18.5 Å². The molecular weight excluding hydrogens is 270 g/mol. The minimum absolute atomic E-state index is 0.682. The molecule has 1 spiro atoms. The molecule has 4 unspecified atom stereocenters. The number of hydrogen-bond acceptors (Lipinski definition) is 3. The third-order valence-electron chi connectivity index (χ3n) is 7.75. The maximum absolute atomic E-state index is 3.63. The van der Waals surface area contributed by atoms with Crippen LogP contribution in [0.15, 0.2) is 0 Å². The highest BCUT2D eigenvalue weighted by molar-refractivity contribution is 5.09. The van der Waals surface area contributed by atoms with Crippen molar-refractivity contribution < 1.29 is 0 Å². The molecular formula is C19H35N3. The lowest BCUT2D eigenvalue weighted by molar-refractivity contribution is -0.0784. The van der Waals surface area contributed by atoms with Crippen LogP contribution in [0, 0.1) is 17.3 Å². The zero-order valence-electron chi connectivity index (χ0n) is 14.7. The summed E-state index contributed by atoms with van der Waals surface area (Å²) in [5.74, 6) is 1.94. The molecule has 4 aliphatic rings. The molecule has 22 heavy (non-hydrogen) atoms. The summed E-state index contributed by atoms with van der Waals surface area (Å²) < 4.78 is 0. The van der Waals surface area contributed by atoms with E-state index in [0.29, 0.717) is 5.41 Å². The molecule has 0 radical (unpaired) electrons. The Morgan fingerprint density at radius 3 is 2.50 bits per heavy atom. The molecule has 3 nitrogen and oxygen atoms in total. The molecule has 4 atom stereocenters. The van der Waals surface area contributed by atoms with Crippen LogP contribution in [0.2, 0.25) is 0 Å². The minimum Gasteiger partial charge on any atom is -0.316 e. The highest BCUT2D eigenvalue weighted by Gasteiger charge is 2.55. The van der Waals surface area contributed by atoms with Crippen molar-refractivity contribution >= 4 is 0 Å². The molecule has 0 aromatic heterocycles. The van der Waals surface area contributed by atoms with Crippen molar-refractivity contribution in [1.29, 1.82) is 0 Å². The van der Waals surface area contributed by atoms with E-state index in [-0.39, 0.29) is 0 Å². The van der Waals surface area contributed by atoms with Crippen LogP contribution < -0.4 is 5.32 Å². The quantitative estimate of drug-likeness (QED) is 0.864. The van der Waals surface area contributed by atoms with Crippen molar-refractivity contribution in [2.24, 2.45) is 17.3 Å². The zero-order chi connectivity index (χ0) is 15.2. The molecule has 1 aliphatic carbocycles. The first kappa shape index (κ1) is 15.4. The van der Waals surface area contributed by atoms with Gasteiger partial charge in [-0.25, -0.2) is 0 Å². The number of nitrogens with zero attached hydrogens (tertiary/aromatic N) is 2. The molecule has 3 heterocycles. The van der Waals surface area contributed by atoms with Crippen molar-refractivity contribution in [3.63, 3.8) is 0 Å². The molecule has 3 saturated heterocycles. The van der Waals surface area contributed by atoms with Crippen LogP contribution in [-0.4, -0.2) is 61.7 Å². The van der Waals surface area contributed by atoms with Gasteiger partial charge in [-0.15, -0.1) is 0 Å². The van der Waals surface area contributed by atoms with Gasteiger partial charge in [0.1, 0.15) is 0 Å². The van der Waals surface area contributed by atoms with E-state index in [1.165, 1.54) is 77.7 Å². The maximum atomic E-state index is 3.63. The fraction of sp³-hybridized carbons (Fsp3) is 1.00. The molecule has 0 bridgehead atoms. The lowest BCUT2D eigenvalue weighted by Gasteiger charge is -2.58. The highest BCUT2D eigenvalue weighted by atomic mass is 15.2. The van der Waals surface area contributed by atoms with E-state index in [0.717, 1.165) is 23.9 Å². The van der Waals surface area contributed by atoms with Gasteiger partial charge in [0.05, 0.1) is 0 Å². The fourth-order valence-corrected chi connectivity index (χ4v) is 6.47. The van der Waals surface area contributed by atoms with Crippen LogP contribution in [0.4, 0.5) is 0 Å². The van der Waals surface area contributed by atoms with Crippen LogP contribution in [0.25, 0.3) is 0 Å². The van der Waals surface area contributed by atoms with E-state index in [1.807, 2.05) is 0 Å². The van der Waals surface area contributed by atoms with Gasteiger partial charge in [-0.1, -0.05) is 13.3 Å². The second-order valence-corrected chi connectivity index (χ2v) is 8.64. The second kappa shape index (κ2) is 6.07. The van der Waals surface area contributed by atoms with E-state index in [2.05, 4.69) is 29.1 Å². The van der Waals surface area contributed by atoms with Gasteiger partial charge in [-0.3, -0.25) is 0 Å². The summed E-state index contributed by atoms with van der Waals surface area (Å²) in [5, 5.41) is 3.63. The van der Waals surface area contributed by atoms with Crippen molar-refractivity contribution in [2.75, 3.05) is 39.8 Å². The van der Waals surface area contributed by atoms with E-state index < -0.39 is 0 Å². The predicted octanol–water partition coefficient (Wildman–Crippen LogP) is 2.57. The lowest BCUT2D eigenvalue weighted by Crippen LogP contribution is -2.61. The molecule has 0 aromatic rings. The monoisotopic (exact) mass is 305 g/mol. The molecule has 4 fully saturated rings. The van der Waals surface area contributed by atoms with Gasteiger partial charge < -0.3 is 15.1 Å². The predicted molar refractivity (Wildman–Crippen MR) is 92.1 cm³/mol. The van der Waals surface area contributed by atoms with Crippen LogP contribution >= 0.6 is 0 Å². The Morgan fingerprint density at radius 2 is 1.91 bits per heavy atom. The Kier molecular flexibility index (Phi) is 4.25. The summed E-state index contributed by atoms with van der Waals surface area (Å²) in [6.45, 7) is 9.07. The smallest absolute Gasteiger partial charge is 0.0135 e. The summed E-state index contributed by atoms with van der Waals surface area (Å²) in [6, 6.07) is 1.81. The lowest BCUT2D eigenvalue weighted by atomic mass is 9.54. The summed E-state index contributed by atoms with van der Waals surface area (Å²) in [5.41, 5.74) is 0.682. The Balaban J connectivity index is 1.32. The first-order chi connectivity index (χ1) is 10.7. The maximum Gasteiger partial charge on any atom is 0.0135 e. The van der Waals surface area contributed by atoms with E-state index >= 15 is 0 Å². The fourth-order valence-electron chi connectivity index (χ4n) is 6.47. The summed E-state index contributed by atoms with van der Waals surface area (Å²) in [6.07, 6.45) is 10.1. The van der Waals surface area contributed by atoms with Crippen LogP contribution in [-0.2, 0) is 0 Å². The third-order valence-corrected chi connectivity index (χ3v) is 7.75. The number of piperidine rings is 1. The minimum atomic E-state index is 0.682. The third kappa shape index (κ3) is 2.44. The Hall–Kier alpha value is -0.120. The summed E-state index contributed by atoms with van der Waals surface area (Å²) >= 11 is 0. The average molecular weight is 306 g/mol. The van der Waals surface area contributed by atoms with Gasteiger partial charge in [-0.2, -0.15) is 0 Å². The molecule has 1 N–H and O–H groups in total. The van der Waals surface area contributed by atoms with Gasteiger partial charge in [0.25, 0.3) is 0 Å². The molecule has 126 valence electrons. The zero-order valence-corrected chi connectivity index (χ0v) is 14.7. The first-order valence-electron chi connectivity index (χ1n) is 9.88. The number of hydrogen-bond donors (Lipinski definition) is 1. The van der Waals surface area contributed by atoms with Crippen LogP contribution in [0.1, 0.15) is 51.9 Å². The van der Waals surface area contributed by atoms with Gasteiger partial charge in [-0.05, 0) is 89.0 Å². The van der Waals surface area contributed by atoms with Crippen LogP contribution in [0.3, 0.4) is 0 Å². The normalized spacial score (nSPS) is 44.7. The van der Waals surface area contributed by atoms with Gasteiger partial charge in [0.15, 0.2) is 0 Å². The second-order valence-electron chi connectivity index (χ2n) is 8.64. The van der Waals surface area contributed by atoms with Crippen molar-refractivity contribution in [1.82, 2.24) is 15.1 Å². The Labute approximate surface area is 136 Å². The summed E-state index contributed by atoms with van der Waals surface area (Å²) in [7, 11) is 2.35. The summed E-state index contributed by atoms with van der Waals surface area (Å²) in [4.78, 5) is 5.51. The molecule has 1 saturated carbocycles. The Bertz CT molecular complexity index is 382. The van der Waals surface area contributed by atoms with Crippen molar-refractivity contribution in [3.05, 3.63) is 0 Å². The van der Waals surface area contributed by atoms with Gasteiger partial charge >= 0.3 is 0 Å². The SMILES string of the molecule is CCC1C(N2CCC(C3CCCN3C)CC2)CC12CCNC2. The average Bonchev–Trinajstić information content (AvgIpc) is 3.16. The number of nitrogens with one attached hydrogen (secondary N) is 1. The Morgan fingerprint density at radius 1 is 1.09 bits per heavy atom. The largest absolute Gasteiger partial charge is 0.316 e.